The molecule has 2 aromatic heterocycles. The molecular weight excluding hydrogens is 314 g/mol. The van der Waals surface area contributed by atoms with Crippen LogP contribution in [0.3, 0.4) is 0 Å². The highest BCUT2D eigenvalue weighted by molar-refractivity contribution is 5.97. The highest BCUT2D eigenvalue weighted by Crippen LogP contribution is 2.32. The standard InChI is InChI=1S/C20H19N3O2/c1-13-4-2-3-5-16(13)18-19(21)23-9-8-14-6-7-15(25-11-10-24)12-17(14)20(23)22-18/h2-9,12,24H,10-11,21H2,1H3. The Morgan fingerprint density at radius 1 is 1.16 bits per heavy atom. The van der Waals surface area contributed by atoms with Crippen LogP contribution < -0.4 is 10.5 Å². The number of aliphatic hydroxyl groups excluding tert-OH is 1. The Bertz CT molecular complexity index is 1070. The molecule has 3 N–H and O–H groups in total. The van der Waals surface area contributed by atoms with Gasteiger partial charge in [0, 0.05) is 17.1 Å². The summed E-state index contributed by atoms with van der Waals surface area (Å²) in [6.45, 7) is 2.30. The van der Waals surface area contributed by atoms with Crippen LogP contribution >= 0.6 is 0 Å². The molecule has 2 heterocycles. The number of aromatic nitrogens is 2. The van der Waals surface area contributed by atoms with E-state index in [4.69, 9.17) is 20.6 Å². The van der Waals surface area contributed by atoms with Gasteiger partial charge in [0.25, 0.3) is 0 Å². The molecule has 5 heteroatoms. The van der Waals surface area contributed by atoms with Gasteiger partial charge in [0.15, 0.2) is 0 Å². The summed E-state index contributed by atoms with van der Waals surface area (Å²) in [6.07, 6.45) is 1.94. The van der Waals surface area contributed by atoms with Gasteiger partial charge < -0.3 is 15.6 Å². The molecule has 0 spiro atoms. The lowest BCUT2D eigenvalue weighted by atomic mass is 10.1. The summed E-state index contributed by atoms with van der Waals surface area (Å²) < 4.78 is 7.44. The molecule has 126 valence electrons. The average molecular weight is 333 g/mol. The number of pyridine rings is 1. The van der Waals surface area contributed by atoms with E-state index in [0.29, 0.717) is 11.6 Å². The molecule has 0 bridgehead atoms. The molecule has 5 nitrogen and oxygen atoms in total. The van der Waals surface area contributed by atoms with Crippen LogP contribution in [0.15, 0.2) is 54.7 Å². The third-order valence-corrected chi connectivity index (χ3v) is 4.38. The van der Waals surface area contributed by atoms with Crippen LogP contribution in [0.25, 0.3) is 27.7 Å². The SMILES string of the molecule is Cc1ccccc1-c1nc2c3cc(OCCO)ccc3ccn2c1N. The van der Waals surface area contributed by atoms with Crippen molar-refractivity contribution < 1.29 is 9.84 Å². The molecule has 0 aliphatic carbocycles. The molecule has 0 fully saturated rings. The summed E-state index contributed by atoms with van der Waals surface area (Å²) >= 11 is 0. The van der Waals surface area contributed by atoms with Gasteiger partial charge in [-0.25, -0.2) is 4.98 Å². The second-order valence-electron chi connectivity index (χ2n) is 5.99. The van der Waals surface area contributed by atoms with Crippen molar-refractivity contribution in [3.8, 4) is 17.0 Å². The summed E-state index contributed by atoms with van der Waals surface area (Å²) in [5, 5.41) is 11.0. The predicted molar refractivity (Wildman–Crippen MR) is 99.9 cm³/mol. The maximum Gasteiger partial charge on any atom is 0.147 e. The van der Waals surface area contributed by atoms with Crippen molar-refractivity contribution in [3.05, 3.63) is 60.3 Å². The highest BCUT2D eigenvalue weighted by atomic mass is 16.5. The van der Waals surface area contributed by atoms with Gasteiger partial charge in [-0.1, -0.05) is 30.3 Å². The molecule has 0 saturated heterocycles. The molecule has 0 aliphatic heterocycles. The van der Waals surface area contributed by atoms with E-state index in [1.807, 2.05) is 53.1 Å². The van der Waals surface area contributed by atoms with Crippen molar-refractivity contribution in [1.29, 1.82) is 0 Å². The van der Waals surface area contributed by atoms with Crippen molar-refractivity contribution in [2.24, 2.45) is 0 Å². The zero-order valence-corrected chi connectivity index (χ0v) is 13.9. The van der Waals surface area contributed by atoms with E-state index in [1.54, 1.807) is 0 Å². The first-order valence-electron chi connectivity index (χ1n) is 8.19. The van der Waals surface area contributed by atoms with Gasteiger partial charge >= 0.3 is 0 Å². The average Bonchev–Trinajstić information content (AvgIpc) is 2.97. The van der Waals surface area contributed by atoms with Crippen LogP contribution in [0.5, 0.6) is 5.75 Å². The lowest BCUT2D eigenvalue weighted by molar-refractivity contribution is 0.201. The topological polar surface area (TPSA) is 72.8 Å². The van der Waals surface area contributed by atoms with Gasteiger partial charge in [0.05, 0.1) is 6.61 Å². The van der Waals surface area contributed by atoms with Gasteiger partial charge in [-0.2, -0.15) is 0 Å². The minimum Gasteiger partial charge on any atom is -0.491 e. The molecular formula is C20H19N3O2. The molecule has 25 heavy (non-hydrogen) atoms. The van der Waals surface area contributed by atoms with E-state index in [1.165, 1.54) is 0 Å². The molecule has 0 unspecified atom stereocenters. The zero-order chi connectivity index (χ0) is 17.4. The van der Waals surface area contributed by atoms with Crippen molar-refractivity contribution in [2.45, 2.75) is 6.92 Å². The second kappa shape index (κ2) is 6.11. The number of hydrogen-bond donors (Lipinski definition) is 2. The number of rotatable bonds is 4. The summed E-state index contributed by atoms with van der Waals surface area (Å²) in [5.74, 6) is 1.32. The van der Waals surface area contributed by atoms with Crippen LogP contribution in [0.4, 0.5) is 5.82 Å². The Hall–Kier alpha value is -3.05. The van der Waals surface area contributed by atoms with Crippen LogP contribution in [0.1, 0.15) is 5.56 Å². The Kier molecular flexibility index (Phi) is 3.78. The van der Waals surface area contributed by atoms with Gasteiger partial charge in [0.2, 0.25) is 0 Å². The number of nitrogens with two attached hydrogens (primary N) is 1. The van der Waals surface area contributed by atoms with E-state index in [0.717, 1.165) is 33.2 Å². The number of imidazole rings is 1. The normalized spacial score (nSPS) is 11.3. The number of hydrogen-bond acceptors (Lipinski definition) is 4. The third-order valence-electron chi connectivity index (χ3n) is 4.38. The van der Waals surface area contributed by atoms with Crippen molar-refractivity contribution in [1.82, 2.24) is 9.38 Å². The Labute approximate surface area is 145 Å². The largest absolute Gasteiger partial charge is 0.491 e. The third kappa shape index (κ3) is 2.58. The first-order valence-corrected chi connectivity index (χ1v) is 8.19. The molecule has 0 atom stereocenters. The minimum absolute atomic E-state index is 0.0179. The van der Waals surface area contributed by atoms with Crippen LogP contribution in [-0.4, -0.2) is 27.7 Å². The fourth-order valence-corrected chi connectivity index (χ4v) is 3.11. The first kappa shape index (κ1) is 15.5. The zero-order valence-electron chi connectivity index (χ0n) is 13.9. The molecule has 0 amide bonds. The molecule has 0 saturated carbocycles. The van der Waals surface area contributed by atoms with Crippen molar-refractivity contribution in [3.63, 3.8) is 0 Å². The molecule has 2 aromatic carbocycles. The monoisotopic (exact) mass is 333 g/mol. The van der Waals surface area contributed by atoms with E-state index < -0.39 is 0 Å². The van der Waals surface area contributed by atoms with E-state index in [2.05, 4.69) is 13.0 Å². The molecule has 0 aliphatic rings. The van der Waals surface area contributed by atoms with Crippen LogP contribution in [-0.2, 0) is 0 Å². The number of ether oxygens (including phenoxy) is 1. The van der Waals surface area contributed by atoms with Gasteiger partial charge in [-0.15, -0.1) is 0 Å². The maximum absolute atomic E-state index is 8.95. The van der Waals surface area contributed by atoms with Crippen molar-refractivity contribution in [2.75, 3.05) is 18.9 Å². The van der Waals surface area contributed by atoms with Crippen LogP contribution in [0.2, 0.25) is 0 Å². The van der Waals surface area contributed by atoms with E-state index in [-0.39, 0.29) is 13.2 Å². The Balaban J connectivity index is 1.95. The molecule has 4 rings (SSSR count). The van der Waals surface area contributed by atoms with Crippen LogP contribution in [0, 0.1) is 6.92 Å². The molecule has 0 radical (unpaired) electrons. The lowest BCUT2D eigenvalue weighted by Gasteiger charge is -2.06. The summed E-state index contributed by atoms with van der Waals surface area (Å²) in [7, 11) is 0. The summed E-state index contributed by atoms with van der Waals surface area (Å²) in [6, 6.07) is 15.9. The fourth-order valence-electron chi connectivity index (χ4n) is 3.11. The van der Waals surface area contributed by atoms with E-state index in [9.17, 15) is 0 Å². The number of aliphatic hydroxyl groups is 1. The predicted octanol–water partition coefficient (Wildman–Crippen LogP) is 3.42. The van der Waals surface area contributed by atoms with Gasteiger partial charge in [0.1, 0.15) is 29.5 Å². The number of fused-ring (bicyclic) bond motifs is 3. The van der Waals surface area contributed by atoms with Crippen molar-refractivity contribution >= 4 is 22.2 Å². The number of aryl methyl sites for hydroxylation is 1. The lowest BCUT2D eigenvalue weighted by Crippen LogP contribution is -2.01. The summed E-state index contributed by atoms with van der Waals surface area (Å²) in [5.41, 5.74) is 10.1. The second-order valence-corrected chi connectivity index (χ2v) is 5.99. The number of nitrogens with zero attached hydrogens (tertiary/aromatic N) is 2. The minimum atomic E-state index is -0.0179. The van der Waals surface area contributed by atoms with E-state index >= 15 is 0 Å². The number of benzene rings is 2. The quantitative estimate of drug-likeness (QED) is 0.600. The van der Waals surface area contributed by atoms with Gasteiger partial charge in [-0.05, 0) is 36.1 Å². The Morgan fingerprint density at radius 2 is 2.00 bits per heavy atom. The summed E-state index contributed by atoms with van der Waals surface area (Å²) in [4.78, 5) is 4.83. The highest BCUT2D eigenvalue weighted by Gasteiger charge is 2.15. The fraction of sp³-hybridized carbons (Fsp3) is 0.150. The smallest absolute Gasteiger partial charge is 0.147 e. The number of anilines is 1. The van der Waals surface area contributed by atoms with Gasteiger partial charge in [-0.3, -0.25) is 4.40 Å². The maximum atomic E-state index is 8.95. The molecule has 4 aromatic rings. The number of nitrogen functional groups attached to an aromatic ring is 1. The Morgan fingerprint density at radius 3 is 2.80 bits per heavy atom. The first-order chi connectivity index (χ1) is 12.2.